The van der Waals surface area contributed by atoms with Gasteiger partial charge in [0.1, 0.15) is 6.04 Å². The fraction of sp³-hybridized carbons (Fsp3) is 0.769. The molecule has 1 aliphatic heterocycles. The molecule has 7 heteroatoms. The van der Waals surface area contributed by atoms with Crippen molar-refractivity contribution in [3.8, 4) is 0 Å². The predicted molar refractivity (Wildman–Crippen MR) is 71.1 cm³/mol. The first-order chi connectivity index (χ1) is 9.36. The quantitative estimate of drug-likeness (QED) is 0.741. The third-order valence-corrected chi connectivity index (χ3v) is 3.53. The Kier molecular flexibility index (Phi) is 5.79. The van der Waals surface area contributed by atoms with Crippen molar-refractivity contribution in [2.45, 2.75) is 32.7 Å². The monoisotopic (exact) mass is 286 g/mol. The fourth-order valence-corrected chi connectivity index (χ4v) is 2.22. The molecule has 20 heavy (non-hydrogen) atoms. The normalized spacial score (nSPS) is 17.7. The molecule has 1 heterocycles. The van der Waals surface area contributed by atoms with Gasteiger partial charge in [0.05, 0.1) is 13.0 Å². The van der Waals surface area contributed by atoms with Gasteiger partial charge < -0.3 is 20.1 Å². The number of carboxylic acids is 1. The zero-order valence-corrected chi connectivity index (χ0v) is 12.1. The van der Waals surface area contributed by atoms with E-state index in [0.29, 0.717) is 25.9 Å². The molecular weight excluding hydrogens is 264 g/mol. The summed E-state index contributed by atoms with van der Waals surface area (Å²) in [7, 11) is 1.35. The second-order valence-corrected chi connectivity index (χ2v) is 5.29. The van der Waals surface area contributed by atoms with Crippen LogP contribution in [0.2, 0.25) is 0 Å². The van der Waals surface area contributed by atoms with Gasteiger partial charge in [-0.25, -0.2) is 9.59 Å². The lowest BCUT2D eigenvalue weighted by Gasteiger charge is -2.32. The number of likely N-dealkylation sites (tertiary alicyclic amines) is 1. The predicted octanol–water partition coefficient (Wildman–Crippen LogP) is 0.690. The summed E-state index contributed by atoms with van der Waals surface area (Å²) in [6, 6.07) is -1.30. The molecule has 0 bridgehead atoms. The third-order valence-electron chi connectivity index (χ3n) is 3.53. The highest BCUT2D eigenvalue weighted by atomic mass is 16.5. The third kappa shape index (κ3) is 4.11. The van der Waals surface area contributed by atoms with Gasteiger partial charge in [0.15, 0.2) is 0 Å². The van der Waals surface area contributed by atoms with Gasteiger partial charge in [0.2, 0.25) is 0 Å². The molecule has 1 aliphatic rings. The summed E-state index contributed by atoms with van der Waals surface area (Å²) in [6.07, 6.45) is 1.08. The van der Waals surface area contributed by atoms with Crippen LogP contribution in [0, 0.1) is 11.8 Å². The van der Waals surface area contributed by atoms with Gasteiger partial charge in [0.25, 0.3) is 0 Å². The molecule has 0 unspecified atom stereocenters. The average molecular weight is 286 g/mol. The van der Waals surface area contributed by atoms with Crippen LogP contribution in [0.5, 0.6) is 0 Å². The van der Waals surface area contributed by atoms with E-state index < -0.39 is 18.0 Å². The second-order valence-electron chi connectivity index (χ2n) is 5.29. The van der Waals surface area contributed by atoms with Crippen molar-refractivity contribution in [2.24, 2.45) is 11.8 Å². The SMILES string of the molecule is COC(=O)C1CCN(C(=O)N[C@H](C(=O)O)C(C)C)CC1. The zero-order chi connectivity index (χ0) is 15.3. The van der Waals surface area contributed by atoms with Gasteiger partial charge in [-0.2, -0.15) is 0 Å². The van der Waals surface area contributed by atoms with Gasteiger partial charge >= 0.3 is 18.0 Å². The molecule has 1 rings (SSSR count). The van der Waals surface area contributed by atoms with Crippen LogP contribution < -0.4 is 5.32 Å². The lowest BCUT2D eigenvalue weighted by Crippen LogP contribution is -2.52. The summed E-state index contributed by atoms with van der Waals surface area (Å²) in [4.78, 5) is 36.0. The topological polar surface area (TPSA) is 95.9 Å². The number of amides is 2. The maximum atomic E-state index is 12.0. The van der Waals surface area contributed by atoms with E-state index in [9.17, 15) is 14.4 Å². The van der Waals surface area contributed by atoms with Crippen molar-refractivity contribution in [3.63, 3.8) is 0 Å². The number of carboxylic acid groups (broad SMARTS) is 1. The van der Waals surface area contributed by atoms with E-state index in [4.69, 9.17) is 5.11 Å². The number of urea groups is 1. The number of aliphatic carboxylic acids is 1. The average Bonchev–Trinajstić information content (AvgIpc) is 2.43. The van der Waals surface area contributed by atoms with Crippen LogP contribution in [-0.4, -0.2) is 54.2 Å². The number of hydrogen-bond acceptors (Lipinski definition) is 4. The number of nitrogens with one attached hydrogen (secondary N) is 1. The standard InChI is InChI=1S/C13H22N2O5/c1-8(2)10(11(16)17)14-13(19)15-6-4-9(5-7-15)12(18)20-3/h8-10H,4-7H2,1-3H3,(H,14,19)(H,16,17)/t10-/m0/s1. The van der Waals surface area contributed by atoms with E-state index in [1.807, 2.05) is 0 Å². The van der Waals surface area contributed by atoms with E-state index in [2.05, 4.69) is 10.1 Å². The molecule has 7 nitrogen and oxygen atoms in total. The molecule has 1 atom stereocenters. The summed E-state index contributed by atoms with van der Waals surface area (Å²) in [5, 5.41) is 11.6. The largest absolute Gasteiger partial charge is 0.480 e. The molecule has 0 aromatic rings. The van der Waals surface area contributed by atoms with Gasteiger partial charge in [-0.05, 0) is 18.8 Å². The molecule has 0 spiro atoms. The van der Waals surface area contributed by atoms with Crippen molar-refractivity contribution in [1.29, 1.82) is 0 Å². The van der Waals surface area contributed by atoms with E-state index >= 15 is 0 Å². The molecule has 0 saturated carbocycles. The number of esters is 1. The summed E-state index contributed by atoms with van der Waals surface area (Å²) < 4.78 is 4.68. The molecular formula is C13H22N2O5. The molecule has 0 aromatic heterocycles. The van der Waals surface area contributed by atoms with E-state index in [1.165, 1.54) is 12.0 Å². The molecule has 0 aromatic carbocycles. The fourth-order valence-electron chi connectivity index (χ4n) is 2.22. The van der Waals surface area contributed by atoms with Crippen LogP contribution in [0.15, 0.2) is 0 Å². The van der Waals surface area contributed by atoms with Crippen LogP contribution in [0.25, 0.3) is 0 Å². The Morgan fingerprint density at radius 2 is 1.80 bits per heavy atom. The highest BCUT2D eigenvalue weighted by Gasteiger charge is 2.30. The van der Waals surface area contributed by atoms with Crippen molar-refractivity contribution in [1.82, 2.24) is 10.2 Å². The summed E-state index contributed by atoms with van der Waals surface area (Å²) >= 11 is 0. The first-order valence-electron chi connectivity index (χ1n) is 6.72. The number of methoxy groups -OCH3 is 1. The van der Waals surface area contributed by atoms with Gasteiger partial charge in [-0.1, -0.05) is 13.8 Å². The highest BCUT2D eigenvalue weighted by molar-refractivity contribution is 5.83. The first kappa shape index (κ1) is 16.3. The van der Waals surface area contributed by atoms with E-state index in [0.717, 1.165) is 0 Å². The van der Waals surface area contributed by atoms with Gasteiger partial charge in [-0.3, -0.25) is 4.79 Å². The van der Waals surface area contributed by atoms with Crippen LogP contribution in [0.1, 0.15) is 26.7 Å². The molecule has 0 radical (unpaired) electrons. The van der Waals surface area contributed by atoms with Crippen LogP contribution in [-0.2, 0) is 14.3 Å². The summed E-state index contributed by atoms with van der Waals surface area (Å²) in [5.41, 5.74) is 0. The minimum absolute atomic E-state index is 0.176. The number of rotatable bonds is 4. The Bertz CT molecular complexity index is 375. The molecule has 2 amide bonds. The smallest absolute Gasteiger partial charge is 0.326 e. The van der Waals surface area contributed by atoms with Crippen molar-refractivity contribution < 1.29 is 24.2 Å². The number of ether oxygens (including phenoxy) is 1. The zero-order valence-electron chi connectivity index (χ0n) is 12.1. The van der Waals surface area contributed by atoms with E-state index in [-0.39, 0.29) is 17.8 Å². The Balaban J connectivity index is 2.50. The first-order valence-corrected chi connectivity index (χ1v) is 6.72. The maximum absolute atomic E-state index is 12.0. The number of carbonyl (C=O) groups excluding carboxylic acids is 2. The molecule has 114 valence electrons. The lowest BCUT2D eigenvalue weighted by atomic mass is 9.97. The number of hydrogen-bond donors (Lipinski definition) is 2. The summed E-state index contributed by atoms with van der Waals surface area (Å²) in [5.74, 6) is -1.66. The van der Waals surface area contributed by atoms with Gasteiger partial charge in [-0.15, -0.1) is 0 Å². The Labute approximate surface area is 118 Å². The second kappa shape index (κ2) is 7.12. The molecule has 0 aliphatic carbocycles. The number of carbonyl (C=O) groups is 3. The van der Waals surface area contributed by atoms with E-state index in [1.54, 1.807) is 13.8 Å². The van der Waals surface area contributed by atoms with Gasteiger partial charge in [0, 0.05) is 13.1 Å². The minimum atomic E-state index is -1.04. The van der Waals surface area contributed by atoms with Crippen LogP contribution >= 0.6 is 0 Å². The molecule has 1 saturated heterocycles. The molecule has 1 fully saturated rings. The number of nitrogens with zero attached hydrogens (tertiary/aromatic N) is 1. The Morgan fingerprint density at radius 1 is 1.25 bits per heavy atom. The van der Waals surface area contributed by atoms with Crippen LogP contribution in [0.4, 0.5) is 4.79 Å². The maximum Gasteiger partial charge on any atom is 0.326 e. The Morgan fingerprint density at radius 3 is 2.20 bits per heavy atom. The van der Waals surface area contributed by atoms with Crippen molar-refractivity contribution in [2.75, 3.05) is 20.2 Å². The lowest BCUT2D eigenvalue weighted by molar-refractivity contribution is -0.146. The molecule has 2 N–H and O–H groups in total. The number of piperidine rings is 1. The highest BCUT2D eigenvalue weighted by Crippen LogP contribution is 2.18. The van der Waals surface area contributed by atoms with Crippen molar-refractivity contribution in [3.05, 3.63) is 0 Å². The van der Waals surface area contributed by atoms with Crippen LogP contribution in [0.3, 0.4) is 0 Å². The summed E-state index contributed by atoms with van der Waals surface area (Å²) in [6.45, 7) is 4.33. The Hall–Kier alpha value is -1.79. The minimum Gasteiger partial charge on any atom is -0.480 e. The van der Waals surface area contributed by atoms with Crippen molar-refractivity contribution >= 4 is 18.0 Å².